The van der Waals surface area contributed by atoms with Gasteiger partial charge in [-0.1, -0.05) is 29.8 Å². The van der Waals surface area contributed by atoms with E-state index in [0.29, 0.717) is 19.0 Å². The number of aromatic nitrogens is 2. The van der Waals surface area contributed by atoms with Gasteiger partial charge in [-0.25, -0.2) is 0 Å². The summed E-state index contributed by atoms with van der Waals surface area (Å²) in [6.07, 6.45) is 3.57. The van der Waals surface area contributed by atoms with Crippen molar-refractivity contribution in [2.45, 2.75) is 46.2 Å². The van der Waals surface area contributed by atoms with Crippen molar-refractivity contribution in [3.05, 3.63) is 51.8 Å². The summed E-state index contributed by atoms with van der Waals surface area (Å²) in [7, 11) is 0. The van der Waals surface area contributed by atoms with Gasteiger partial charge < -0.3 is 4.90 Å². The topological polar surface area (TPSA) is 44.6 Å². The molecule has 0 spiro atoms. The van der Waals surface area contributed by atoms with Crippen molar-refractivity contribution in [3.63, 3.8) is 0 Å². The molecule has 1 aromatic heterocycles. The molecule has 0 N–H and O–H groups in total. The van der Waals surface area contributed by atoms with Crippen LogP contribution in [-0.2, 0) is 17.9 Å². The fraction of sp³-hybridized carbons (Fsp3) is 0.583. The third kappa shape index (κ3) is 5.48. The predicted octanol–water partition coefficient (Wildman–Crippen LogP) is 3.33. The highest BCUT2D eigenvalue weighted by Crippen LogP contribution is 2.21. The lowest BCUT2D eigenvalue weighted by molar-refractivity contribution is -0.133. The molecule has 2 aliphatic rings. The number of rotatable bonds is 6. The van der Waals surface area contributed by atoms with Gasteiger partial charge in [0.1, 0.15) is 0 Å². The zero-order chi connectivity index (χ0) is 21.8. The van der Waals surface area contributed by atoms with E-state index < -0.39 is 0 Å². The Bertz CT molecular complexity index is 897. The zero-order valence-corrected chi connectivity index (χ0v) is 19.6. The van der Waals surface area contributed by atoms with E-state index >= 15 is 0 Å². The fourth-order valence-corrected chi connectivity index (χ4v) is 4.86. The Labute approximate surface area is 190 Å². The molecule has 0 saturated carbocycles. The molecule has 0 aliphatic carbocycles. The van der Waals surface area contributed by atoms with Gasteiger partial charge in [-0.3, -0.25) is 19.3 Å². The van der Waals surface area contributed by atoms with Crippen LogP contribution in [0.3, 0.4) is 0 Å². The molecule has 1 aromatic carbocycles. The number of benzene rings is 1. The smallest absolute Gasteiger partial charge is 0.236 e. The summed E-state index contributed by atoms with van der Waals surface area (Å²) in [5, 5.41) is 5.57. The summed E-state index contributed by atoms with van der Waals surface area (Å²) >= 11 is 6.35. The van der Waals surface area contributed by atoms with Crippen LogP contribution in [-0.4, -0.2) is 76.2 Å². The van der Waals surface area contributed by atoms with Crippen LogP contribution in [0, 0.1) is 13.8 Å². The van der Waals surface area contributed by atoms with E-state index in [4.69, 9.17) is 16.7 Å². The number of piperazine rings is 1. The summed E-state index contributed by atoms with van der Waals surface area (Å²) < 4.78 is 2.07. The molecule has 0 bridgehead atoms. The van der Waals surface area contributed by atoms with Gasteiger partial charge in [0, 0.05) is 62.1 Å². The molecule has 2 aromatic rings. The molecule has 2 fully saturated rings. The van der Waals surface area contributed by atoms with Crippen molar-refractivity contribution < 1.29 is 4.79 Å². The summed E-state index contributed by atoms with van der Waals surface area (Å²) in [6, 6.07) is 7.96. The third-order valence-electron chi connectivity index (χ3n) is 6.72. The van der Waals surface area contributed by atoms with Crippen LogP contribution in [0.2, 0.25) is 5.02 Å². The number of likely N-dealkylation sites (tertiary alicyclic amines) is 1. The van der Waals surface area contributed by atoms with Crippen molar-refractivity contribution in [1.82, 2.24) is 24.5 Å². The minimum atomic E-state index is 0.306. The number of nitrogens with zero attached hydrogens (tertiary/aromatic N) is 5. The molecule has 0 radical (unpaired) electrons. The molecular weight excluding hydrogens is 410 g/mol. The standard InChI is InChI=1S/C24H34ClN5O/c1-19-22(20(2)30(26-19)16-21-8-4-5-9-23(21)25)17-27-12-14-28(15-13-27)18-24(31)29-10-6-3-7-11-29/h4-5,8-9H,3,6-7,10-18H2,1-2H3. The minimum Gasteiger partial charge on any atom is -0.342 e. The number of hydrogen-bond donors (Lipinski definition) is 0. The normalized spacial score (nSPS) is 18.5. The average molecular weight is 444 g/mol. The SMILES string of the molecule is Cc1nn(Cc2ccccc2Cl)c(C)c1CN1CCN(CC(=O)N2CCCCC2)CC1. The van der Waals surface area contributed by atoms with Gasteiger partial charge in [-0.05, 0) is 44.7 Å². The van der Waals surface area contributed by atoms with Gasteiger partial charge in [0.25, 0.3) is 0 Å². The number of amides is 1. The predicted molar refractivity (Wildman–Crippen MR) is 124 cm³/mol. The number of carbonyl (C=O) groups is 1. The van der Waals surface area contributed by atoms with Crippen LogP contribution in [0.4, 0.5) is 0 Å². The second kappa shape index (κ2) is 10.2. The van der Waals surface area contributed by atoms with Crippen LogP contribution in [0.25, 0.3) is 0 Å². The summed E-state index contributed by atoms with van der Waals surface area (Å²) in [5.41, 5.74) is 4.70. The molecule has 4 rings (SSSR count). The summed E-state index contributed by atoms with van der Waals surface area (Å²) in [4.78, 5) is 19.4. The highest BCUT2D eigenvalue weighted by molar-refractivity contribution is 6.31. The lowest BCUT2D eigenvalue weighted by atomic mass is 10.1. The molecule has 31 heavy (non-hydrogen) atoms. The van der Waals surface area contributed by atoms with E-state index in [-0.39, 0.29) is 0 Å². The molecule has 2 saturated heterocycles. The van der Waals surface area contributed by atoms with E-state index in [1.54, 1.807) is 0 Å². The molecule has 0 atom stereocenters. The van der Waals surface area contributed by atoms with E-state index in [0.717, 1.165) is 74.9 Å². The Balaban J connectivity index is 1.31. The monoisotopic (exact) mass is 443 g/mol. The van der Waals surface area contributed by atoms with Crippen LogP contribution >= 0.6 is 11.6 Å². The Hall–Kier alpha value is -1.89. The van der Waals surface area contributed by atoms with E-state index in [1.807, 2.05) is 18.2 Å². The minimum absolute atomic E-state index is 0.306. The van der Waals surface area contributed by atoms with Gasteiger partial charge in [-0.15, -0.1) is 0 Å². The first-order chi connectivity index (χ1) is 15.0. The fourth-order valence-electron chi connectivity index (χ4n) is 4.67. The molecule has 6 nitrogen and oxygen atoms in total. The van der Waals surface area contributed by atoms with Crippen molar-refractivity contribution in [2.75, 3.05) is 45.8 Å². The third-order valence-corrected chi connectivity index (χ3v) is 7.09. The number of aryl methyl sites for hydroxylation is 1. The maximum Gasteiger partial charge on any atom is 0.236 e. The van der Waals surface area contributed by atoms with Gasteiger partial charge in [0.2, 0.25) is 5.91 Å². The van der Waals surface area contributed by atoms with E-state index in [2.05, 4.69) is 39.3 Å². The Morgan fingerprint density at radius 3 is 2.32 bits per heavy atom. The van der Waals surface area contributed by atoms with Crippen LogP contribution in [0.1, 0.15) is 41.8 Å². The summed E-state index contributed by atoms with van der Waals surface area (Å²) in [6.45, 7) is 12.2. The van der Waals surface area contributed by atoms with Crippen molar-refractivity contribution in [2.24, 2.45) is 0 Å². The van der Waals surface area contributed by atoms with E-state index in [1.165, 1.54) is 17.7 Å². The zero-order valence-electron chi connectivity index (χ0n) is 18.8. The molecule has 2 aliphatic heterocycles. The summed E-state index contributed by atoms with van der Waals surface area (Å²) in [5.74, 6) is 0.306. The Kier molecular flexibility index (Phi) is 7.31. The van der Waals surface area contributed by atoms with Crippen molar-refractivity contribution >= 4 is 17.5 Å². The number of carbonyl (C=O) groups excluding carboxylic acids is 1. The Morgan fingerprint density at radius 2 is 1.61 bits per heavy atom. The average Bonchev–Trinajstić information content (AvgIpc) is 3.04. The first-order valence-corrected chi connectivity index (χ1v) is 11.9. The van der Waals surface area contributed by atoms with Crippen molar-refractivity contribution in [3.8, 4) is 0 Å². The number of piperidine rings is 1. The number of hydrogen-bond acceptors (Lipinski definition) is 4. The Morgan fingerprint density at radius 1 is 0.935 bits per heavy atom. The maximum absolute atomic E-state index is 12.6. The lowest BCUT2D eigenvalue weighted by Gasteiger charge is -2.36. The number of halogens is 1. The second-order valence-corrected chi connectivity index (χ2v) is 9.30. The van der Waals surface area contributed by atoms with Crippen LogP contribution < -0.4 is 0 Å². The van der Waals surface area contributed by atoms with Gasteiger partial charge in [-0.2, -0.15) is 5.10 Å². The van der Waals surface area contributed by atoms with Gasteiger partial charge in [0.15, 0.2) is 0 Å². The molecule has 7 heteroatoms. The first-order valence-electron chi connectivity index (χ1n) is 11.5. The highest BCUT2D eigenvalue weighted by Gasteiger charge is 2.24. The molecule has 168 valence electrons. The lowest BCUT2D eigenvalue weighted by Crippen LogP contribution is -2.50. The molecular formula is C24H34ClN5O. The van der Waals surface area contributed by atoms with Crippen LogP contribution in [0.15, 0.2) is 24.3 Å². The molecule has 3 heterocycles. The maximum atomic E-state index is 12.6. The van der Waals surface area contributed by atoms with Gasteiger partial charge in [0.05, 0.1) is 18.8 Å². The molecule has 1 amide bonds. The largest absolute Gasteiger partial charge is 0.342 e. The van der Waals surface area contributed by atoms with E-state index in [9.17, 15) is 4.79 Å². The second-order valence-electron chi connectivity index (χ2n) is 8.89. The first kappa shape index (κ1) is 22.3. The quantitative estimate of drug-likeness (QED) is 0.686. The van der Waals surface area contributed by atoms with Gasteiger partial charge >= 0.3 is 0 Å². The highest BCUT2D eigenvalue weighted by atomic mass is 35.5. The van der Waals surface area contributed by atoms with Crippen molar-refractivity contribution in [1.29, 1.82) is 0 Å². The van der Waals surface area contributed by atoms with Crippen LogP contribution in [0.5, 0.6) is 0 Å². The molecule has 0 unspecified atom stereocenters.